The van der Waals surface area contributed by atoms with E-state index in [0.717, 1.165) is 31.5 Å². The first-order valence-corrected chi connectivity index (χ1v) is 5.84. The van der Waals surface area contributed by atoms with Crippen molar-refractivity contribution >= 4 is 0 Å². The van der Waals surface area contributed by atoms with Crippen LogP contribution in [0.15, 0.2) is 12.1 Å². The quantitative estimate of drug-likeness (QED) is 0.787. The number of ether oxygens (including phenoxy) is 1. The summed E-state index contributed by atoms with van der Waals surface area (Å²) in [5.74, 6) is 0.518. The molecule has 0 bridgehead atoms. The summed E-state index contributed by atoms with van der Waals surface area (Å²) in [5, 5.41) is 17.1. The fourth-order valence-electron chi connectivity index (χ4n) is 2.08. The standard InChI is InChI=1S/C12H16N4O/c1-17-12-6-5-10(14-15-12)9-16-7-3-2-4-11(16)8-13/h5-6,11H,2-4,7,9H2,1H3. The average molecular weight is 232 g/mol. The largest absolute Gasteiger partial charge is 0.480 e. The van der Waals surface area contributed by atoms with Gasteiger partial charge >= 0.3 is 0 Å². The Morgan fingerprint density at radius 3 is 3.00 bits per heavy atom. The molecule has 0 aliphatic carbocycles. The molecule has 0 saturated carbocycles. The van der Waals surface area contributed by atoms with Gasteiger partial charge in [0.1, 0.15) is 0 Å². The highest BCUT2D eigenvalue weighted by molar-refractivity contribution is 5.11. The van der Waals surface area contributed by atoms with Gasteiger partial charge in [-0.25, -0.2) is 0 Å². The van der Waals surface area contributed by atoms with Gasteiger partial charge in [-0.2, -0.15) is 10.4 Å². The van der Waals surface area contributed by atoms with Gasteiger partial charge < -0.3 is 4.74 Å². The minimum Gasteiger partial charge on any atom is -0.480 e. The van der Waals surface area contributed by atoms with Gasteiger partial charge in [-0.05, 0) is 31.9 Å². The molecule has 1 aromatic rings. The van der Waals surface area contributed by atoms with Gasteiger partial charge in [0.15, 0.2) is 0 Å². The topological polar surface area (TPSA) is 62.0 Å². The van der Waals surface area contributed by atoms with Crippen LogP contribution >= 0.6 is 0 Å². The first-order chi connectivity index (χ1) is 8.33. The Morgan fingerprint density at radius 1 is 1.47 bits per heavy atom. The lowest BCUT2D eigenvalue weighted by Gasteiger charge is -2.30. The van der Waals surface area contributed by atoms with Crippen molar-refractivity contribution in [3.8, 4) is 11.9 Å². The maximum absolute atomic E-state index is 9.07. The number of methoxy groups -OCH3 is 1. The number of piperidine rings is 1. The van der Waals surface area contributed by atoms with E-state index >= 15 is 0 Å². The van der Waals surface area contributed by atoms with E-state index in [0.29, 0.717) is 12.4 Å². The molecular weight excluding hydrogens is 216 g/mol. The van der Waals surface area contributed by atoms with Crippen LogP contribution in [0, 0.1) is 11.3 Å². The maximum Gasteiger partial charge on any atom is 0.233 e. The Hall–Kier alpha value is -1.67. The molecular formula is C12H16N4O. The zero-order valence-electron chi connectivity index (χ0n) is 9.96. The molecule has 0 N–H and O–H groups in total. The molecule has 5 nitrogen and oxygen atoms in total. The number of likely N-dealkylation sites (tertiary alicyclic amines) is 1. The number of hydrogen-bond acceptors (Lipinski definition) is 5. The van der Waals surface area contributed by atoms with Crippen molar-refractivity contribution in [1.29, 1.82) is 5.26 Å². The Balaban J connectivity index is 2.01. The van der Waals surface area contributed by atoms with Gasteiger partial charge in [0.05, 0.1) is 24.9 Å². The summed E-state index contributed by atoms with van der Waals surface area (Å²) in [6.07, 6.45) is 3.25. The van der Waals surface area contributed by atoms with Crippen LogP contribution in [0.4, 0.5) is 0 Å². The molecule has 5 heteroatoms. The summed E-state index contributed by atoms with van der Waals surface area (Å²) < 4.78 is 4.96. The van der Waals surface area contributed by atoms with Crippen molar-refractivity contribution in [2.75, 3.05) is 13.7 Å². The predicted octanol–water partition coefficient (Wildman–Crippen LogP) is 1.36. The number of nitriles is 1. The second-order valence-corrected chi connectivity index (χ2v) is 4.18. The molecule has 2 rings (SSSR count). The minimum absolute atomic E-state index is 0.0210. The Bertz CT molecular complexity index is 398. The molecule has 0 spiro atoms. The van der Waals surface area contributed by atoms with E-state index in [1.165, 1.54) is 0 Å². The molecule has 2 heterocycles. The summed E-state index contributed by atoms with van der Waals surface area (Å²) in [4.78, 5) is 2.17. The molecule has 1 aliphatic heterocycles. The number of aromatic nitrogens is 2. The van der Waals surface area contributed by atoms with Gasteiger partial charge in [0.2, 0.25) is 5.88 Å². The fourth-order valence-corrected chi connectivity index (χ4v) is 2.08. The summed E-state index contributed by atoms with van der Waals surface area (Å²) in [6.45, 7) is 1.65. The summed E-state index contributed by atoms with van der Waals surface area (Å²) in [7, 11) is 1.57. The van der Waals surface area contributed by atoms with Crippen molar-refractivity contribution < 1.29 is 4.74 Å². The molecule has 1 aromatic heterocycles. The van der Waals surface area contributed by atoms with Crippen molar-refractivity contribution in [2.45, 2.75) is 31.8 Å². The van der Waals surface area contributed by atoms with Crippen LogP contribution in [0.5, 0.6) is 5.88 Å². The van der Waals surface area contributed by atoms with E-state index in [2.05, 4.69) is 21.2 Å². The van der Waals surface area contributed by atoms with Crippen molar-refractivity contribution in [3.05, 3.63) is 17.8 Å². The fraction of sp³-hybridized carbons (Fsp3) is 0.583. The van der Waals surface area contributed by atoms with Crippen LogP contribution < -0.4 is 4.74 Å². The van der Waals surface area contributed by atoms with Crippen LogP contribution in [0.25, 0.3) is 0 Å². The first-order valence-electron chi connectivity index (χ1n) is 5.84. The molecule has 0 radical (unpaired) electrons. The van der Waals surface area contributed by atoms with E-state index in [1.807, 2.05) is 6.07 Å². The van der Waals surface area contributed by atoms with E-state index in [1.54, 1.807) is 13.2 Å². The smallest absolute Gasteiger partial charge is 0.233 e. The van der Waals surface area contributed by atoms with E-state index in [-0.39, 0.29) is 6.04 Å². The lowest BCUT2D eigenvalue weighted by Crippen LogP contribution is -2.38. The van der Waals surface area contributed by atoms with E-state index in [9.17, 15) is 0 Å². The third-order valence-corrected chi connectivity index (χ3v) is 3.03. The van der Waals surface area contributed by atoms with Gasteiger partial charge in [0, 0.05) is 12.6 Å². The highest BCUT2D eigenvalue weighted by Crippen LogP contribution is 2.18. The zero-order valence-corrected chi connectivity index (χ0v) is 9.96. The normalized spacial score (nSPS) is 20.8. The maximum atomic E-state index is 9.07. The van der Waals surface area contributed by atoms with Crippen LogP contribution in [0.3, 0.4) is 0 Å². The average Bonchev–Trinajstić information content (AvgIpc) is 2.40. The Kier molecular flexibility index (Phi) is 3.89. The molecule has 1 fully saturated rings. The van der Waals surface area contributed by atoms with Gasteiger partial charge in [-0.15, -0.1) is 5.10 Å². The Morgan fingerprint density at radius 2 is 2.35 bits per heavy atom. The molecule has 0 amide bonds. The SMILES string of the molecule is COc1ccc(CN2CCCCC2C#N)nn1. The molecule has 1 unspecified atom stereocenters. The van der Waals surface area contributed by atoms with Gasteiger partial charge in [-0.1, -0.05) is 0 Å². The first kappa shape index (κ1) is 11.8. The molecule has 1 aliphatic rings. The Labute approximate surface area is 101 Å². The third-order valence-electron chi connectivity index (χ3n) is 3.03. The summed E-state index contributed by atoms with van der Waals surface area (Å²) in [6, 6.07) is 6.07. The van der Waals surface area contributed by atoms with Crippen molar-refractivity contribution in [1.82, 2.24) is 15.1 Å². The van der Waals surface area contributed by atoms with Crippen molar-refractivity contribution in [3.63, 3.8) is 0 Å². The number of nitrogens with zero attached hydrogens (tertiary/aromatic N) is 4. The monoisotopic (exact) mass is 232 g/mol. The minimum atomic E-state index is 0.0210. The second-order valence-electron chi connectivity index (χ2n) is 4.18. The van der Waals surface area contributed by atoms with E-state index < -0.39 is 0 Å². The lowest BCUT2D eigenvalue weighted by atomic mass is 10.0. The molecule has 0 aromatic carbocycles. The molecule has 1 saturated heterocycles. The van der Waals surface area contributed by atoms with Gasteiger partial charge in [0.25, 0.3) is 0 Å². The predicted molar refractivity (Wildman–Crippen MR) is 62.2 cm³/mol. The lowest BCUT2D eigenvalue weighted by molar-refractivity contribution is 0.174. The van der Waals surface area contributed by atoms with Crippen LogP contribution in [-0.4, -0.2) is 34.8 Å². The second kappa shape index (κ2) is 5.60. The van der Waals surface area contributed by atoms with E-state index in [4.69, 9.17) is 10.00 Å². The van der Waals surface area contributed by atoms with Crippen LogP contribution in [0.2, 0.25) is 0 Å². The van der Waals surface area contributed by atoms with Crippen molar-refractivity contribution in [2.24, 2.45) is 0 Å². The zero-order chi connectivity index (χ0) is 12.1. The summed E-state index contributed by atoms with van der Waals surface area (Å²) in [5.41, 5.74) is 0.882. The molecule has 90 valence electrons. The number of rotatable bonds is 3. The van der Waals surface area contributed by atoms with Crippen LogP contribution in [0.1, 0.15) is 25.0 Å². The third kappa shape index (κ3) is 2.92. The molecule has 17 heavy (non-hydrogen) atoms. The highest BCUT2D eigenvalue weighted by Gasteiger charge is 2.22. The highest BCUT2D eigenvalue weighted by atomic mass is 16.5. The molecule has 1 atom stereocenters. The number of hydrogen-bond donors (Lipinski definition) is 0. The van der Waals surface area contributed by atoms with Gasteiger partial charge in [-0.3, -0.25) is 4.90 Å². The van der Waals surface area contributed by atoms with Crippen LogP contribution in [-0.2, 0) is 6.54 Å². The summed E-state index contributed by atoms with van der Waals surface area (Å²) >= 11 is 0.